The van der Waals surface area contributed by atoms with Gasteiger partial charge in [-0.05, 0) is 138 Å². The Morgan fingerprint density at radius 1 is 0.775 bits per heavy atom. The molecule has 2 saturated heterocycles. The predicted molar refractivity (Wildman–Crippen MR) is 162 cm³/mol. The molecule has 0 aromatic heterocycles. The molecule has 0 aliphatic carbocycles. The summed E-state index contributed by atoms with van der Waals surface area (Å²) in [5.41, 5.74) is -0.842. The fourth-order valence-corrected chi connectivity index (χ4v) is 8.49. The summed E-state index contributed by atoms with van der Waals surface area (Å²) >= 11 is 0. The summed E-state index contributed by atoms with van der Waals surface area (Å²) in [6.07, 6.45) is 5.98. The maximum Gasteiger partial charge on any atom is 0.321 e. The molecule has 0 atom stereocenters. The molecule has 0 bridgehead atoms. The monoisotopic (exact) mass is 556 g/mol. The maximum atomic E-state index is 12.6. The maximum absolute atomic E-state index is 12.6. The number of hydrogen-bond donors (Lipinski definition) is 2. The first kappa shape index (κ1) is 32.6. The second-order valence-corrected chi connectivity index (χ2v) is 15.6. The van der Waals surface area contributed by atoms with Crippen molar-refractivity contribution in [2.75, 3.05) is 14.1 Å². The van der Waals surface area contributed by atoms with Gasteiger partial charge in [0.15, 0.2) is 5.41 Å². The van der Waals surface area contributed by atoms with E-state index in [1.54, 1.807) is 0 Å². The highest BCUT2D eigenvalue weighted by Crippen LogP contribution is 2.51. The van der Waals surface area contributed by atoms with Gasteiger partial charge in [-0.15, -0.1) is 0 Å². The summed E-state index contributed by atoms with van der Waals surface area (Å²) in [6.45, 7) is 18.8. The van der Waals surface area contributed by atoms with Crippen LogP contribution in [-0.4, -0.2) is 68.2 Å². The third-order valence-corrected chi connectivity index (χ3v) is 11.2. The fraction of sp³-hybridized carbons (Fsp3) is 0.765. The highest BCUT2D eigenvalue weighted by molar-refractivity contribution is 5.98. The average molecular weight is 557 g/mol. The van der Waals surface area contributed by atoms with Gasteiger partial charge >= 0.3 is 11.9 Å². The van der Waals surface area contributed by atoms with Crippen LogP contribution < -0.4 is 0 Å². The second-order valence-electron chi connectivity index (χ2n) is 15.6. The molecule has 1 aromatic rings. The first-order chi connectivity index (χ1) is 18.3. The normalized spacial score (nSPS) is 23.8. The van der Waals surface area contributed by atoms with Gasteiger partial charge in [0.25, 0.3) is 0 Å². The molecule has 0 saturated carbocycles. The molecule has 226 valence electrons. The minimum atomic E-state index is -1.82. The van der Waals surface area contributed by atoms with Crippen LogP contribution in [0.25, 0.3) is 0 Å². The SMILES string of the molecule is CN1C(C)(C)CC(C(CCCC(Cc2ccccc2)(C(=O)O)C(=O)O)C2CC(C)(C)N(C)C(C)(C)C2)CC1(C)C. The van der Waals surface area contributed by atoms with Crippen LogP contribution in [0.15, 0.2) is 30.3 Å². The van der Waals surface area contributed by atoms with E-state index in [9.17, 15) is 19.8 Å². The van der Waals surface area contributed by atoms with Gasteiger partial charge in [0, 0.05) is 22.2 Å². The molecule has 6 heteroatoms. The third-order valence-electron chi connectivity index (χ3n) is 11.2. The Labute approximate surface area is 243 Å². The third kappa shape index (κ3) is 6.59. The summed E-state index contributed by atoms with van der Waals surface area (Å²) in [4.78, 5) is 30.2. The molecule has 2 fully saturated rings. The lowest BCUT2D eigenvalue weighted by Gasteiger charge is -2.59. The van der Waals surface area contributed by atoms with Gasteiger partial charge in [0.2, 0.25) is 0 Å². The van der Waals surface area contributed by atoms with Crippen molar-refractivity contribution in [2.24, 2.45) is 23.2 Å². The van der Waals surface area contributed by atoms with Crippen molar-refractivity contribution in [3.63, 3.8) is 0 Å². The van der Waals surface area contributed by atoms with E-state index in [1.807, 2.05) is 30.3 Å². The van der Waals surface area contributed by atoms with E-state index in [4.69, 9.17) is 0 Å². The lowest BCUT2D eigenvalue weighted by Crippen LogP contribution is -2.62. The number of carboxylic acid groups (broad SMARTS) is 2. The zero-order valence-electron chi connectivity index (χ0n) is 26.9. The number of carbonyl (C=O) groups is 2. The van der Waals surface area contributed by atoms with Gasteiger partial charge in [-0.25, -0.2) is 0 Å². The van der Waals surface area contributed by atoms with E-state index in [2.05, 4.69) is 79.3 Å². The Kier molecular flexibility index (Phi) is 9.29. The molecule has 2 aliphatic heterocycles. The van der Waals surface area contributed by atoms with Crippen LogP contribution in [0.3, 0.4) is 0 Å². The van der Waals surface area contributed by atoms with Crippen molar-refractivity contribution in [1.29, 1.82) is 0 Å². The molecule has 3 rings (SSSR count). The molecule has 40 heavy (non-hydrogen) atoms. The number of aliphatic carboxylic acids is 2. The topological polar surface area (TPSA) is 81.1 Å². The van der Waals surface area contributed by atoms with Gasteiger partial charge in [0.1, 0.15) is 0 Å². The predicted octanol–water partition coefficient (Wildman–Crippen LogP) is 6.97. The Morgan fingerprint density at radius 2 is 1.15 bits per heavy atom. The highest BCUT2D eigenvalue weighted by Gasteiger charge is 2.51. The summed E-state index contributed by atoms with van der Waals surface area (Å²) in [5, 5.41) is 20.5. The van der Waals surface area contributed by atoms with E-state index in [1.165, 1.54) is 0 Å². The Balaban J connectivity index is 1.94. The highest BCUT2D eigenvalue weighted by atomic mass is 16.4. The molecule has 2 heterocycles. The summed E-state index contributed by atoms with van der Waals surface area (Å²) in [7, 11) is 4.48. The van der Waals surface area contributed by atoms with Crippen LogP contribution in [0.2, 0.25) is 0 Å². The van der Waals surface area contributed by atoms with Gasteiger partial charge in [0.05, 0.1) is 0 Å². The molecule has 2 aliphatic rings. The van der Waals surface area contributed by atoms with Crippen molar-refractivity contribution in [1.82, 2.24) is 9.80 Å². The zero-order chi connectivity index (χ0) is 30.3. The van der Waals surface area contributed by atoms with Gasteiger partial charge < -0.3 is 10.2 Å². The number of likely N-dealkylation sites (tertiary alicyclic amines) is 2. The quantitative estimate of drug-likeness (QED) is 0.303. The van der Waals surface area contributed by atoms with Crippen molar-refractivity contribution in [3.05, 3.63) is 35.9 Å². The van der Waals surface area contributed by atoms with Crippen LogP contribution in [0.4, 0.5) is 0 Å². The minimum Gasteiger partial charge on any atom is -0.480 e. The number of hydrogen-bond acceptors (Lipinski definition) is 4. The molecular weight excluding hydrogens is 500 g/mol. The van der Waals surface area contributed by atoms with Crippen LogP contribution in [0, 0.1) is 23.2 Å². The van der Waals surface area contributed by atoms with Crippen molar-refractivity contribution in [3.8, 4) is 0 Å². The van der Waals surface area contributed by atoms with E-state index in [0.29, 0.717) is 24.2 Å². The molecule has 0 amide bonds. The molecule has 6 nitrogen and oxygen atoms in total. The minimum absolute atomic E-state index is 0.00570. The molecular formula is C34H56N2O4. The molecule has 2 N–H and O–H groups in total. The van der Waals surface area contributed by atoms with Crippen LogP contribution in [0.5, 0.6) is 0 Å². The van der Waals surface area contributed by atoms with E-state index >= 15 is 0 Å². The number of rotatable bonds is 10. The number of benzene rings is 1. The smallest absolute Gasteiger partial charge is 0.321 e. The Morgan fingerprint density at radius 3 is 1.50 bits per heavy atom. The number of piperidine rings is 2. The van der Waals surface area contributed by atoms with Crippen molar-refractivity contribution >= 4 is 11.9 Å². The van der Waals surface area contributed by atoms with E-state index in [0.717, 1.165) is 37.7 Å². The lowest BCUT2D eigenvalue weighted by atomic mass is 9.60. The summed E-state index contributed by atoms with van der Waals surface area (Å²) in [6, 6.07) is 9.20. The van der Waals surface area contributed by atoms with E-state index < -0.39 is 17.4 Å². The van der Waals surface area contributed by atoms with Crippen molar-refractivity contribution < 1.29 is 19.8 Å². The molecule has 0 spiro atoms. The number of carboxylic acids is 2. The number of nitrogens with zero attached hydrogens (tertiary/aromatic N) is 2. The summed E-state index contributed by atoms with van der Waals surface area (Å²) < 4.78 is 0. The zero-order valence-corrected chi connectivity index (χ0v) is 26.9. The fourth-order valence-electron chi connectivity index (χ4n) is 8.49. The molecule has 0 radical (unpaired) electrons. The molecule has 1 aromatic carbocycles. The first-order valence-electron chi connectivity index (χ1n) is 15.2. The Hall–Kier alpha value is -1.92. The summed E-state index contributed by atoms with van der Waals surface area (Å²) in [5.74, 6) is -1.05. The van der Waals surface area contributed by atoms with Crippen molar-refractivity contribution in [2.45, 2.75) is 129 Å². The van der Waals surface area contributed by atoms with Crippen LogP contribution in [-0.2, 0) is 16.0 Å². The van der Waals surface area contributed by atoms with Gasteiger partial charge in [-0.2, -0.15) is 0 Å². The molecule has 0 unspecified atom stereocenters. The largest absolute Gasteiger partial charge is 0.480 e. The lowest BCUT2D eigenvalue weighted by molar-refractivity contribution is -0.165. The van der Waals surface area contributed by atoms with E-state index in [-0.39, 0.29) is 35.0 Å². The van der Waals surface area contributed by atoms with Gasteiger partial charge in [-0.3, -0.25) is 19.4 Å². The first-order valence-corrected chi connectivity index (χ1v) is 15.2. The van der Waals surface area contributed by atoms with Crippen LogP contribution in [0.1, 0.15) is 106 Å². The van der Waals surface area contributed by atoms with Gasteiger partial charge in [-0.1, -0.05) is 36.8 Å². The second kappa shape index (κ2) is 11.4. The van der Waals surface area contributed by atoms with Crippen LogP contribution >= 0.6 is 0 Å². The average Bonchev–Trinajstić information content (AvgIpc) is 2.82. The standard InChI is InChI=1S/C34H56N2O4/c1-30(2)20-25(21-31(3,4)35(30)9)27(26-22-32(5,6)36(10)33(7,8)23-26)17-14-18-34(28(37)38,29(39)40)19-24-15-12-11-13-16-24/h11-13,15-16,25-27H,14,17-23H2,1-10H3,(H,37,38)(H,39,40). The Bertz CT molecular complexity index is 953.